The lowest BCUT2D eigenvalue weighted by Gasteiger charge is -2.11. The van der Waals surface area contributed by atoms with Crippen molar-refractivity contribution in [2.24, 2.45) is 0 Å². The molecule has 0 aliphatic rings. The zero-order chi connectivity index (χ0) is 16.1. The Balaban J connectivity index is 1.66. The number of H-pyrrole nitrogens is 1. The second-order valence-corrected chi connectivity index (χ2v) is 5.46. The van der Waals surface area contributed by atoms with E-state index in [0.717, 1.165) is 22.6 Å². The largest absolute Gasteiger partial charge is 0.341 e. The van der Waals surface area contributed by atoms with E-state index in [1.807, 2.05) is 48.7 Å². The lowest BCUT2D eigenvalue weighted by molar-refractivity contribution is 0.551. The number of aromatic nitrogens is 2. The summed E-state index contributed by atoms with van der Waals surface area (Å²) in [6.07, 6.45) is 1.86. The minimum absolute atomic E-state index is 0.0956. The molecule has 0 saturated carbocycles. The molecule has 2 aromatic carbocycles. The maximum atomic E-state index is 8.94. The number of rotatable bonds is 5. The molecule has 23 heavy (non-hydrogen) atoms. The van der Waals surface area contributed by atoms with Crippen LogP contribution in [0.15, 0.2) is 60.8 Å². The third-order valence-corrected chi connectivity index (χ3v) is 3.76. The van der Waals surface area contributed by atoms with E-state index < -0.39 is 0 Å². The van der Waals surface area contributed by atoms with Crippen molar-refractivity contribution in [3.8, 4) is 17.3 Å². The molecule has 0 aliphatic carbocycles. The molecule has 0 spiro atoms. The molecule has 114 valence electrons. The Labute approximate surface area is 135 Å². The minimum atomic E-state index is 0.0956. The van der Waals surface area contributed by atoms with E-state index in [2.05, 4.69) is 40.4 Å². The third-order valence-electron chi connectivity index (χ3n) is 3.76. The fourth-order valence-electron chi connectivity index (χ4n) is 2.44. The van der Waals surface area contributed by atoms with Gasteiger partial charge in [0.05, 0.1) is 29.6 Å². The standard InChI is InChI=1S/C19H18N4/c1-14(21-12-16-7-5-6-15(10-16)11-20)19-22-13-18(23-19)17-8-3-2-4-9-17/h2-10,13-14,21H,12H2,1H3,(H,22,23). The van der Waals surface area contributed by atoms with E-state index in [1.54, 1.807) is 0 Å². The summed E-state index contributed by atoms with van der Waals surface area (Å²) in [6, 6.07) is 20.0. The van der Waals surface area contributed by atoms with E-state index >= 15 is 0 Å². The van der Waals surface area contributed by atoms with E-state index in [4.69, 9.17) is 5.26 Å². The fraction of sp³-hybridized carbons (Fsp3) is 0.158. The van der Waals surface area contributed by atoms with Crippen LogP contribution < -0.4 is 5.32 Å². The van der Waals surface area contributed by atoms with Crippen LogP contribution in [0.3, 0.4) is 0 Å². The molecule has 0 saturated heterocycles. The van der Waals surface area contributed by atoms with Gasteiger partial charge in [-0.2, -0.15) is 5.26 Å². The van der Waals surface area contributed by atoms with Gasteiger partial charge in [0.15, 0.2) is 0 Å². The monoisotopic (exact) mass is 302 g/mol. The van der Waals surface area contributed by atoms with Gasteiger partial charge in [0.25, 0.3) is 0 Å². The third kappa shape index (κ3) is 3.65. The minimum Gasteiger partial charge on any atom is -0.341 e. The number of nitrogens with zero attached hydrogens (tertiary/aromatic N) is 2. The maximum absolute atomic E-state index is 8.94. The Morgan fingerprint density at radius 2 is 2.00 bits per heavy atom. The number of hydrogen-bond acceptors (Lipinski definition) is 3. The second kappa shape index (κ2) is 6.91. The van der Waals surface area contributed by atoms with Gasteiger partial charge in [-0.15, -0.1) is 0 Å². The van der Waals surface area contributed by atoms with Gasteiger partial charge in [0.1, 0.15) is 5.82 Å². The first-order valence-corrected chi connectivity index (χ1v) is 7.59. The summed E-state index contributed by atoms with van der Waals surface area (Å²) in [7, 11) is 0. The van der Waals surface area contributed by atoms with Crippen molar-refractivity contribution >= 4 is 0 Å². The fourth-order valence-corrected chi connectivity index (χ4v) is 2.44. The van der Waals surface area contributed by atoms with Crippen LogP contribution >= 0.6 is 0 Å². The van der Waals surface area contributed by atoms with Crippen LogP contribution in [0.1, 0.15) is 29.9 Å². The van der Waals surface area contributed by atoms with Crippen molar-refractivity contribution < 1.29 is 0 Å². The van der Waals surface area contributed by atoms with E-state index in [0.29, 0.717) is 12.1 Å². The summed E-state index contributed by atoms with van der Waals surface area (Å²) in [5.41, 5.74) is 3.91. The molecule has 3 rings (SSSR count). The van der Waals surface area contributed by atoms with Gasteiger partial charge in [-0.3, -0.25) is 0 Å². The lowest BCUT2D eigenvalue weighted by Crippen LogP contribution is -2.19. The molecular weight excluding hydrogens is 284 g/mol. The SMILES string of the molecule is CC(NCc1cccc(C#N)c1)c1ncc(-c2ccccc2)[nH]1. The molecule has 0 bridgehead atoms. The predicted molar refractivity (Wildman–Crippen MR) is 90.4 cm³/mol. The normalized spacial score (nSPS) is 11.8. The van der Waals surface area contributed by atoms with Crippen molar-refractivity contribution in [3.05, 3.63) is 77.7 Å². The van der Waals surface area contributed by atoms with E-state index in [1.165, 1.54) is 0 Å². The highest BCUT2D eigenvalue weighted by Crippen LogP contribution is 2.19. The molecule has 1 heterocycles. The zero-order valence-corrected chi connectivity index (χ0v) is 13.0. The first-order chi connectivity index (χ1) is 11.3. The Kier molecular flexibility index (Phi) is 4.51. The Morgan fingerprint density at radius 3 is 2.78 bits per heavy atom. The van der Waals surface area contributed by atoms with Crippen molar-refractivity contribution in [1.82, 2.24) is 15.3 Å². The second-order valence-electron chi connectivity index (χ2n) is 5.46. The van der Waals surface area contributed by atoms with Gasteiger partial charge in [0.2, 0.25) is 0 Å². The van der Waals surface area contributed by atoms with Crippen LogP contribution in [0.25, 0.3) is 11.3 Å². The lowest BCUT2D eigenvalue weighted by atomic mass is 10.1. The highest BCUT2D eigenvalue weighted by atomic mass is 15.0. The first-order valence-electron chi connectivity index (χ1n) is 7.59. The van der Waals surface area contributed by atoms with E-state index in [9.17, 15) is 0 Å². The Bertz CT molecular complexity index is 815. The van der Waals surface area contributed by atoms with Crippen LogP contribution in [0.5, 0.6) is 0 Å². The average molecular weight is 302 g/mol. The maximum Gasteiger partial charge on any atom is 0.123 e. The number of nitriles is 1. The van der Waals surface area contributed by atoms with Crippen LogP contribution in [-0.2, 0) is 6.54 Å². The topological polar surface area (TPSA) is 64.5 Å². The summed E-state index contributed by atoms with van der Waals surface area (Å²) in [4.78, 5) is 7.83. The Hall–Kier alpha value is -2.90. The van der Waals surface area contributed by atoms with Gasteiger partial charge in [0, 0.05) is 6.54 Å². The van der Waals surface area contributed by atoms with Crippen LogP contribution in [0.2, 0.25) is 0 Å². The molecule has 4 nitrogen and oxygen atoms in total. The summed E-state index contributed by atoms with van der Waals surface area (Å²) in [5.74, 6) is 0.903. The molecule has 1 unspecified atom stereocenters. The smallest absolute Gasteiger partial charge is 0.123 e. The summed E-state index contributed by atoms with van der Waals surface area (Å²) < 4.78 is 0. The van der Waals surface area contributed by atoms with Crippen molar-refractivity contribution in [2.45, 2.75) is 19.5 Å². The quantitative estimate of drug-likeness (QED) is 0.753. The van der Waals surface area contributed by atoms with Gasteiger partial charge < -0.3 is 10.3 Å². The number of aromatic amines is 1. The zero-order valence-electron chi connectivity index (χ0n) is 13.0. The number of hydrogen-bond donors (Lipinski definition) is 2. The van der Waals surface area contributed by atoms with Gasteiger partial charge in [-0.1, -0.05) is 42.5 Å². The average Bonchev–Trinajstić information content (AvgIpc) is 3.11. The molecule has 1 aromatic heterocycles. The van der Waals surface area contributed by atoms with Gasteiger partial charge in [-0.25, -0.2) is 4.98 Å². The molecule has 0 fully saturated rings. The van der Waals surface area contributed by atoms with Crippen molar-refractivity contribution in [1.29, 1.82) is 5.26 Å². The first kappa shape index (κ1) is 15.0. The highest BCUT2D eigenvalue weighted by Gasteiger charge is 2.10. The molecule has 2 N–H and O–H groups in total. The van der Waals surface area contributed by atoms with E-state index in [-0.39, 0.29) is 6.04 Å². The summed E-state index contributed by atoms with van der Waals surface area (Å²) in [5, 5.41) is 12.4. The molecule has 0 radical (unpaired) electrons. The van der Waals surface area contributed by atoms with Crippen molar-refractivity contribution in [2.75, 3.05) is 0 Å². The number of benzene rings is 2. The molecule has 1 atom stereocenters. The molecule has 3 aromatic rings. The van der Waals surface area contributed by atoms with Crippen LogP contribution in [0.4, 0.5) is 0 Å². The number of nitrogens with one attached hydrogen (secondary N) is 2. The van der Waals surface area contributed by atoms with Gasteiger partial charge >= 0.3 is 0 Å². The Morgan fingerprint density at radius 1 is 1.17 bits per heavy atom. The van der Waals surface area contributed by atoms with Crippen LogP contribution in [0, 0.1) is 11.3 Å². The molecule has 0 aliphatic heterocycles. The van der Waals surface area contributed by atoms with Crippen LogP contribution in [-0.4, -0.2) is 9.97 Å². The van der Waals surface area contributed by atoms with Crippen molar-refractivity contribution in [3.63, 3.8) is 0 Å². The highest BCUT2D eigenvalue weighted by molar-refractivity contribution is 5.58. The van der Waals surface area contributed by atoms with Gasteiger partial charge in [-0.05, 0) is 30.2 Å². The summed E-state index contributed by atoms with van der Waals surface area (Å²) in [6.45, 7) is 2.76. The predicted octanol–water partition coefficient (Wildman–Crippen LogP) is 3.80. The molecular formula is C19H18N4. The molecule has 0 amide bonds. The molecule has 4 heteroatoms. The summed E-state index contributed by atoms with van der Waals surface area (Å²) >= 11 is 0. The number of imidazole rings is 1.